The molecule has 80 valence electrons. The maximum atomic E-state index is 11.9. The van der Waals surface area contributed by atoms with Crippen LogP contribution in [0, 0.1) is 0 Å². The molecule has 1 heterocycles. The first-order chi connectivity index (χ1) is 7.20. The van der Waals surface area contributed by atoms with Crippen LogP contribution >= 0.6 is 0 Å². The van der Waals surface area contributed by atoms with Crippen molar-refractivity contribution in [3.05, 3.63) is 18.2 Å². The predicted octanol–water partition coefficient (Wildman–Crippen LogP) is 2.44. The summed E-state index contributed by atoms with van der Waals surface area (Å²) in [6.07, 6.45) is -0.468. The van der Waals surface area contributed by atoms with Crippen molar-refractivity contribution in [3.63, 3.8) is 0 Å². The van der Waals surface area contributed by atoms with Crippen LogP contribution in [0.3, 0.4) is 0 Å². The molecule has 0 amide bonds. The number of aromatic nitrogens is 1. The third-order valence-corrected chi connectivity index (χ3v) is 1.77. The molecule has 0 saturated carbocycles. The van der Waals surface area contributed by atoms with E-state index in [4.69, 9.17) is 9.15 Å². The van der Waals surface area contributed by atoms with Crippen LogP contribution in [-0.4, -0.2) is 18.7 Å². The summed E-state index contributed by atoms with van der Waals surface area (Å²) in [4.78, 5) is 3.73. The third-order valence-electron chi connectivity index (χ3n) is 1.77. The zero-order valence-corrected chi connectivity index (χ0v) is 7.74. The fourth-order valence-electron chi connectivity index (χ4n) is 1.19. The molecule has 1 aromatic heterocycles. The zero-order valence-electron chi connectivity index (χ0n) is 7.74. The van der Waals surface area contributed by atoms with Crippen molar-refractivity contribution < 1.29 is 22.7 Å². The van der Waals surface area contributed by atoms with Gasteiger partial charge in [0.25, 0.3) is 0 Å². The maximum Gasteiger partial charge on any atom is 0.399 e. The number of benzene rings is 1. The molecule has 6 heteroatoms. The minimum atomic E-state index is -2.95. The second kappa shape index (κ2) is 3.72. The Bertz CT molecular complexity index is 469. The van der Waals surface area contributed by atoms with Gasteiger partial charge in [0.2, 0.25) is 0 Å². The number of para-hydroxylation sites is 1. The number of fused-ring (bicyclic) bond motifs is 1. The van der Waals surface area contributed by atoms with Gasteiger partial charge in [0.15, 0.2) is 11.1 Å². The van der Waals surface area contributed by atoms with E-state index < -0.39 is 12.7 Å². The molecule has 0 radical (unpaired) electrons. The van der Waals surface area contributed by atoms with Gasteiger partial charge >= 0.3 is 12.7 Å². The molecular weight excluding hydrogens is 208 g/mol. The fourth-order valence-corrected chi connectivity index (χ4v) is 1.19. The van der Waals surface area contributed by atoms with Crippen LogP contribution in [0.15, 0.2) is 22.6 Å². The zero-order chi connectivity index (χ0) is 10.8. The van der Waals surface area contributed by atoms with E-state index in [1.165, 1.54) is 7.11 Å². The lowest BCUT2D eigenvalue weighted by Gasteiger charge is -1.96. The lowest BCUT2D eigenvalue weighted by atomic mass is 10.3. The second-order valence-electron chi connectivity index (χ2n) is 2.67. The van der Waals surface area contributed by atoms with Gasteiger partial charge in [0, 0.05) is 0 Å². The molecule has 4 nitrogen and oxygen atoms in total. The number of rotatable bonds is 3. The quantitative estimate of drug-likeness (QED) is 0.788. The number of ether oxygens (including phenoxy) is 2. The van der Waals surface area contributed by atoms with Gasteiger partial charge in [0.05, 0.1) is 7.11 Å². The smallest absolute Gasteiger partial charge is 0.399 e. The molecule has 1 aromatic carbocycles. The topological polar surface area (TPSA) is 44.5 Å². The van der Waals surface area contributed by atoms with E-state index in [-0.39, 0.29) is 0 Å². The highest BCUT2D eigenvalue weighted by molar-refractivity contribution is 5.80. The molecule has 0 atom stereocenters. The van der Waals surface area contributed by atoms with Crippen molar-refractivity contribution >= 4 is 11.1 Å². The highest BCUT2D eigenvalue weighted by Gasteiger charge is 2.14. The Labute approximate surface area is 83.4 Å². The first-order valence-corrected chi connectivity index (χ1v) is 4.09. The summed E-state index contributed by atoms with van der Waals surface area (Å²) in [5.74, 6) is 0.445. The molecular formula is C9H7F2NO3. The maximum absolute atomic E-state index is 11.9. The van der Waals surface area contributed by atoms with Gasteiger partial charge in [-0.05, 0) is 12.1 Å². The van der Waals surface area contributed by atoms with Gasteiger partial charge in [-0.1, -0.05) is 6.07 Å². The van der Waals surface area contributed by atoms with Crippen molar-refractivity contribution in [2.75, 3.05) is 7.11 Å². The number of hydrogen-bond donors (Lipinski definition) is 0. The number of halogens is 2. The lowest BCUT2D eigenvalue weighted by molar-refractivity contribution is -0.0664. The lowest BCUT2D eigenvalue weighted by Crippen LogP contribution is -2.01. The molecule has 2 aromatic rings. The van der Waals surface area contributed by atoms with E-state index in [9.17, 15) is 8.78 Å². The second-order valence-corrected chi connectivity index (χ2v) is 2.67. The molecule has 15 heavy (non-hydrogen) atoms. The monoisotopic (exact) mass is 215 g/mol. The SMILES string of the molecule is COc1cccc2oc(OC(F)F)nc12. The van der Waals surface area contributed by atoms with Crippen molar-refractivity contribution in [1.29, 1.82) is 0 Å². The first-order valence-electron chi connectivity index (χ1n) is 4.09. The van der Waals surface area contributed by atoms with Gasteiger partial charge in [-0.3, -0.25) is 0 Å². The van der Waals surface area contributed by atoms with E-state index in [0.29, 0.717) is 16.8 Å². The van der Waals surface area contributed by atoms with E-state index in [2.05, 4.69) is 9.72 Å². The van der Waals surface area contributed by atoms with Crippen LogP contribution in [0.4, 0.5) is 8.78 Å². The van der Waals surface area contributed by atoms with E-state index >= 15 is 0 Å². The summed E-state index contributed by atoms with van der Waals surface area (Å²) in [7, 11) is 1.46. The van der Waals surface area contributed by atoms with Gasteiger partial charge < -0.3 is 13.9 Å². The summed E-state index contributed by atoms with van der Waals surface area (Å²) in [5.41, 5.74) is 0.695. The molecule has 0 aliphatic heterocycles. The van der Waals surface area contributed by atoms with Gasteiger partial charge in [-0.2, -0.15) is 13.8 Å². The minimum absolute atomic E-state index is 0.338. The van der Waals surface area contributed by atoms with Crippen molar-refractivity contribution in [1.82, 2.24) is 4.98 Å². The van der Waals surface area contributed by atoms with Crippen molar-refractivity contribution in [3.8, 4) is 11.8 Å². The van der Waals surface area contributed by atoms with Gasteiger partial charge in [-0.25, -0.2) is 0 Å². The number of alkyl halides is 2. The fraction of sp³-hybridized carbons (Fsp3) is 0.222. The Morgan fingerprint density at radius 3 is 2.87 bits per heavy atom. The van der Waals surface area contributed by atoms with Gasteiger partial charge in [-0.15, -0.1) is 0 Å². The molecule has 0 aliphatic rings. The van der Waals surface area contributed by atoms with Gasteiger partial charge in [0.1, 0.15) is 5.75 Å². The number of methoxy groups -OCH3 is 1. The molecule has 0 spiro atoms. The van der Waals surface area contributed by atoms with Crippen LogP contribution in [0.25, 0.3) is 11.1 Å². The van der Waals surface area contributed by atoms with Crippen LogP contribution in [0.5, 0.6) is 11.8 Å². The Balaban J connectivity index is 2.45. The number of nitrogens with zero attached hydrogens (tertiary/aromatic N) is 1. The Kier molecular flexibility index (Phi) is 2.40. The van der Waals surface area contributed by atoms with Crippen LogP contribution < -0.4 is 9.47 Å². The number of oxazole rings is 1. The minimum Gasteiger partial charge on any atom is -0.494 e. The standard InChI is InChI=1S/C9H7F2NO3/c1-13-5-3-2-4-6-7(5)12-9(14-6)15-8(10)11/h2-4,8H,1H3. The summed E-state index contributed by atoms with van der Waals surface area (Å²) in [5, 5.41) is 0. The molecule has 0 fully saturated rings. The normalized spacial score (nSPS) is 10.9. The molecule has 0 unspecified atom stereocenters. The van der Waals surface area contributed by atoms with Crippen molar-refractivity contribution in [2.24, 2.45) is 0 Å². The van der Waals surface area contributed by atoms with E-state index in [1.807, 2.05) is 0 Å². The molecule has 0 N–H and O–H groups in total. The van der Waals surface area contributed by atoms with Crippen LogP contribution in [-0.2, 0) is 0 Å². The van der Waals surface area contributed by atoms with Crippen LogP contribution in [0.1, 0.15) is 0 Å². The highest BCUT2D eigenvalue weighted by Crippen LogP contribution is 2.28. The average molecular weight is 215 g/mol. The largest absolute Gasteiger partial charge is 0.494 e. The summed E-state index contributed by atoms with van der Waals surface area (Å²) < 4.78 is 37.7. The Morgan fingerprint density at radius 2 is 2.20 bits per heavy atom. The van der Waals surface area contributed by atoms with Crippen LogP contribution in [0.2, 0.25) is 0 Å². The van der Waals surface area contributed by atoms with E-state index in [0.717, 1.165) is 0 Å². The number of hydrogen-bond acceptors (Lipinski definition) is 4. The van der Waals surface area contributed by atoms with Crippen molar-refractivity contribution in [2.45, 2.75) is 6.61 Å². The highest BCUT2D eigenvalue weighted by atomic mass is 19.3. The molecule has 0 bridgehead atoms. The average Bonchev–Trinajstić information content (AvgIpc) is 2.58. The Morgan fingerprint density at radius 1 is 1.40 bits per heavy atom. The first kappa shape index (κ1) is 9.70. The third kappa shape index (κ3) is 1.83. The Hall–Kier alpha value is -1.85. The molecule has 0 aliphatic carbocycles. The summed E-state index contributed by atoms with van der Waals surface area (Å²) in [6.45, 7) is -2.95. The summed E-state index contributed by atoms with van der Waals surface area (Å²) in [6, 6.07) is 4.90. The summed E-state index contributed by atoms with van der Waals surface area (Å²) >= 11 is 0. The molecule has 0 saturated heterocycles. The molecule has 2 rings (SSSR count). The van der Waals surface area contributed by atoms with E-state index in [1.54, 1.807) is 18.2 Å². The predicted molar refractivity (Wildman–Crippen MR) is 47.2 cm³/mol.